The first-order valence-electron chi connectivity index (χ1n) is 9.73. The number of carbonyl (C=O) groups is 2. The Morgan fingerprint density at radius 2 is 1.70 bits per heavy atom. The minimum atomic E-state index is -1.87. The average molecular weight is 376 g/mol. The summed E-state index contributed by atoms with van der Waals surface area (Å²) < 4.78 is 12.2. The van der Waals surface area contributed by atoms with Gasteiger partial charge in [-0.15, -0.1) is 0 Å². The lowest BCUT2D eigenvalue weighted by Gasteiger charge is -2.32. The van der Waals surface area contributed by atoms with Crippen LogP contribution in [0.1, 0.15) is 59.8 Å². The molecule has 6 nitrogen and oxygen atoms in total. The van der Waals surface area contributed by atoms with Gasteiger partial charge in [-0.1, -0.05) is 12.2 Å². The van der Waals surface area contributed by atoms with Gasteiger partial charge in [-0.3, -0.25) is 9.59 Å². The Bertz CT molecular complexity index is 675. The molecule has 2 aliphatic carbocycles. The second-order valence-electron chi connectivity index (χ2n) is 8.98. The number of hydrogen-bond donors (Lipinski definition) is 2. The van der Waals surface area contributed by atoms with Gasteiger partial charge in [0.2, 0.25) is 0 Å². The van der Waals surface area contributed by atoms with Gasteiger partial charge in [0.1, 0.15) is 0 Å². The van der Waals surface area contributed by atoms with Crippen molar-refractivity contribution in [2.45, 2.75) is 77.3 Å². The Kier molecular flexibility index (Phi) is 5.06. The molecule has 1 unspecified atom stereocenters. The van der Waals surface area contributed by atoms with E-state index in [1.165, 1.54) is 6.08 Å². The fourth-order valence-corrected chi connectivity index (χ4v) is 4.29. The summed E-state index contributed by atoms with van der Waals surface area (Å²) in [6, 6.07) is 0. The standard InChI is InChI=1S/C20H29BO6/c1-18(2)19(3,4)27-21(26-18)12-14-10-20(16(22)23,17(24)25)11-15(14)13-8-6-5-7-9-13/h8,11,14H,5-7,9-10,12H2,1-4H3,(H,22,23)(H,24,25). The van der Waals surface area contributed by atoms with Gasteiger partial charge in [0.05, 0.1) is 11.2 Å². The fourth-order valence-electron chi connectivity index (χ4n) is 4.29. The van der Waals surface area contributed by atoms with E-state index in [9.17, 15) is 19.8 Å². The summed E-state index contributed by atoms with van der Waals surface area (Å²) in [6.07, 6.45) is 8.06. The summed E-state index contributed by atoms with van der Waals surface area (Å²) in [6.45, 7) is 7.89. The maximum absolute atomic E-state index is 11.9. The molecule has 0 aromatic rings. The Balaban J connectivity index is 1.90. The Labute approximate surface area is 160 Å². The minimum absolute atomic E-state index is 0.0361. The molecule has 3 rings (SSSR count). The van der Waals surface area contributed by atoms with Gasteiger partial charge in [-0.25, -0.2) is 0 Å². The van der Waals surface area contributed by atoms with Crippen LogP contribution in [0.25, 0.3) is 0 Å². The average Bonchev–Trinajstić information content (AvgIpc) is 3.04. The van der Waals surface area contributed by atoms with Crippen LogP contribution in [0, 0.1) is 11.3 Å². The lowest BCUT2D eigenvalue weighted by atomic mass is 9.71. The van der Waals surface area contributed by atoms with E-state index in [0.29, 0.717) is 6.32 Å². The molecule has 3 aliphatic rings. The predicted octanol–water partition coefficient (Wildman–Crippen LogP) is 3.68. The van der Waals surface area contributed by atoms with Crippen molar-refractivity contribution in [3.63, 3.8) is 0 Å². The van der Waals surface area contributed by atoms with E-state index in [-0.39, 0.29) is 12.3 Å². The molecule has 0 radical (unpaired) electrons. The Morgan fingerprint density at radius 1 is 1.11 bits per heavy atom. The topological polar surface area (TPSA) is 93.1 Å². The van der Waals surface area contributed by atoms with Gasteiger partial charge in [-0.2, -0.15) is 0 Å². The smallest absolute Gasteiger partial charge is 0.458 e. The molecule has 1 heterocycles. The molecule has 0 aromatic heterocycles. The van der Waals surface area contributed by atoms with Crippen molar-refractivity contribution in [2.24, 2.45) is 11.3 Å². The van der Waals surface area contributed by atoms with Crippen molar-refractivity contribution in [3.8, 4) is 0 Å². The first-order valence-corrected chi connectivity index (χ1v) is 9.73. The third-order valence-corrected chi connectivity index (χ3v) is 6.61. The number of carboxylic acids is 2. The predicted molar refractivity (Wildman–Crippen MR) is 101 cm³/mol. The van der Waals surface area contributed by atoms with Crippen LogP contribution >= 0.6 is 0 Å². The zero-order valence-electron chi connectivity index (χ0n) is 16.6. The van der Waals surface area contributed by atoms with E-state index in [0.717, 1.165) is 36.8 Å². The molecule has 1 atom stereocenters. The maximum atomic E-state index is 11.9. The first-order chi connectivity index (χ1) is 12.5. The number of carboxylic acid groups (broad SMARTS) is 2. The van der Waals surface area contributed by atoms with Gasteiger partial charge in [-0.05, 0) is 83.2 Å². The highest BCUT2D eigenvalue weighted by Gasteiger charge is 2.56. The van der Waals surface area contributed by atoms with Crippen LogP contribution in [0.2, 0.25) is 6.32 Å². The molecule has 0 bridgehead atoms. The maximum Gasteiger partial charge on any atom is 0.458 e. The quantitative estimate of drug-likeness (QED) is 0.562. The van der Waals surface area contributed by atoms with Crippen LogP contribution in [0.3, 0.4) is 0 Å². The molecule has 7 heteroatoms. The highest BCUT2D eigenvalue weighted by atomic mass is 16.7. The monoisotopic (exact) mass is 376 g/mol. The summed E-state index contributed by atoms with van der Waals surface area (Å²) in [7, 11) is -0.481. The summed E-state index contributed by atoms with van der Waals surface area (Å²) in [4.78, 5) is 23.7. The van der Waals surface area contributed by atoms with Crippen molar-refractivity contribution in [3.05, 3.63) is 23.3 Å². The molecule has 0 saturated carbocycles. The van der Waals surface area contributed by atoms with Crippen LogP contribution in [0.4, 0.5) is 0 Å². The molecule has 0 amide bonds. The van der Waals surface area contributed by atoms with Crippen LogP contribution < -0.4 is 0 Å². The molecule has 2 N–H and O–H groups in total. The largest absolute Gasteiger partial charge is 0.480 e. The lowest BCUT2D eigenvalue weighted by molar-refractivity contribution is -0.160. The Hall–Kier alpha value is -1.60. The van der Waals surface area contributed by atoms with E-state index in [2.05, 4.69) is 6.08 Å². The van der Waals surface area contributed by atoms with Gasteiger partial charge in [0.25, 0.3) is 0 Å². The molecule has 1 saturated heterocycles. The lowest BCUT2D eigenvalue weighted by Crippen LogP contribution is -2.41. The highest BCUT2D eigenvalue weighted by Crippen LogP contribution is 2.49. The SMILES string of the molecule is CC1(C)OB(CC2CC(C(=O)O)(C(=O)O)C=C2C2=CCCCC2)OC1(C)C. The van der Waals surface area contributed by atoms with Gasteiger partial charge in [0, 0.05) is 0 Å². The molecule has 1 aliphatic heterocycles. The molecule has 1 fully saturated rings. The molecule has 27 heavy (non-hydrogen) atoms. The van der Waals surface area contributed by atoms with E-state index in [1.807, 2.05) is 27.7 Å². The molecule has 0 spiro atoms. The van der Waals surface area contributed by atoms with Crippen molar-refractivity contribution < 1.29 is 29.1 Å². The third-order valence-electron chi connectivity index (χ3n) is 6.61. The van der Waals surface area contributed by atoms with E-state index < -0.39 is 35.7 Å². The zero-order chi connectivity index (χ0) is 20.0. The third kappa shape index (κ3) is 3.47. The summed E-state index contributed by atoms with van der Waals surface area (Å²) in [5.74, 6) is -2.82. The summed E-state index contributed by atoms with van der Waals surface area (Å²) in [5.41, 5.74) is -0.870. The first kappa shape index (κ1) is 20.1. The van der Waals surface area contributed by atoms with Gasteiger partial charge >= 0.3 is 19.1 Å². The number of hydrogen-bond acceptors (Lipinski definition) is 4. The van der Waals surface area contributed by atoms with Crippen LogP contribution in [-0.2, 0) is 18.9 Å². The van der Waals surface area contributed by atoms with Crippen molar-refractivity contribution >= 4 is 19.1 Å². The summed E-state index contributed by atoms with van der Waals surface area (Å²) in [5, 5.41) is 19.4. The van der Waals surface area contributed by atoms with Crippen LogP contribution in [0.15, 0.2) is 23.3 Å². The van der Waals surface area contributed by atoms with Crippen molar-refractivity contribution in [1.29, 1.82) is 0 Å². The number of rotatable bonds is 5. The van der Waals surface area contributed by atoms with E-state index in [1.54, 1.807) is 0 Å². The van der Waals surface area contributed by atoms with Crippen LogP contribution in [0.5, 0.6) is 0 Å². The van der Waals surface area contributed by atoms with Crippen molar-refractivity contribution in [1.82, 2.24) is 0 Å². The molecular formula is C20H29BO6. The minimum Gasteiger partial charge on any atom is -0.480 e. The number of allylic oxidation sites excluding steroid dienone is 3. The van der Waals surface area contributed by atoms with Crippen LogP contribution in [-0.4, -0.2) is 40.5 Å². The highest BCUT2D eigenvalue weighted by molar-refractivity contribution is 6.45. The van der Waals surface area contributed by atoms with E-state index >= 15 is 0 Å². The molecule has 148 valence electrons. The second-order valence-corrected chi connectivity index (χ2v) is 8.98. The fraction of sp³-hybridized carbons (Fsp3) is 0.700. The number of aliphatic carboxylic acids is 2. The second kappa shape index (κ2) is 6.78. The van der Waals surface area contributed by atoms with Gasteiger partial charge in [0.15, 0.2) is 5.41 Å². The zero-order valence-corrected chi connectivity index (χ0v) is 16.6. The molecular weight excluding hydrogens is 347 g/mol. The summed E-state index contributed by atoms with van der Waals surface area (Å²) >= 11 is 0. The normalized spacial score (nSPS) is 28.6. The van der Waals surface area contributed by atoms with E-state index in [4.69, 9.17) is 9.31 Å². The molecule has 0 aromatic carbocycles. The van der Waals surface area contributed by atoms with Gasteiger partial charge < -0.3 is 19.5 Å². The van der Waals surface area contributed by atoms with Crippen molar-refractivity contribution in [2.75, 3.05) is 0 Å². The Morgan fingerprint density at radius 3 is 2.19 bits per heavy atom.